The van der Waals surface area contributed by atoms with Gasteiger partial charge in [-0.15, -0.1) is 11.6 Å². The molecule has 3 aromatic carbocycles. The second-order valence-corrected chi connectivity index (χ2v) is 23.2. The first-order valence-electron chi connectivity index (χ1n) is 29.7. The first-order chi connectivity index (χ1) is 42.4. The van der Waals surface area contributed by atoms with Gasteiger partial charge in [-0.3, -0.25) is 14.4 Å². The molecule has 0 spiro atoms. The molecule has 0 saturated heterocycles. The topological polar surface area (TPSA) is 218 Å². The predicted octanol–water partition coefficient (Wildman–Crippen LogP) is 13.3. The Labute approximate surface area is 524 Å². The van der Waals surface area contributed by atoms with E-state index in [1.165, 1.54) is 100.0 Å². The van der Waals surface area contributed by atoms with Crippen LogP contribution in [0.5, 0.6) is 11.8 Å². The summed E-state index contributed by atoms with van der Waals surface area (Å²) in [5.74, 6) is 1.47. The van der Waals surface area contributed by atoms with Gasteiger partial charge in [0.1, 0.15) is 70.2 Å². The lowest BCUT2D eigenvalue weighted by molar-refractivity contribution is 0.0975. The summed E-state index contributed by atoms with van der Waals surface area (Å²) < 4.78 is 18.3. The number of aliphatic hydroxyl groups is 1. The number of aromatic nitrogens is 9. The Bertz CT molecular complexity index is 3830. The van der Waals surface area contributed by atoms with Crippen LogP contribution in [0.25, 0.3) is 32.7 Å². The maximum absolute atomic E-state index is 13.3. The number of aryl methyl sites for hydroxylation is 3. The maximum atomic E-state index is 13.3. The molecule has 454 valence electrons. The molecule has 6 aromatic heterocycles. The summed E-state index contributed by atoms with van der Waals surface area (Å²) in [5.41, 5.74) is 16.7. The highest BCUT2D eigenvalue weighted by Gasteiger charge is 2.35. The molecule has 2 aliphatic heterocycles. The van der Waals surface area contributed by atoms with Crippen LogP contribution in [0.2, 0.25) is 15.5 Å². The van der Waals surface area contributed by atoms with Crippen LogP contribution in [0.1, 0.15) is 144 Å². The number of carbonyl (C=O) groups is 3. The monoisotopic (exact) mass is 1260 g/mol. The van der Waals surface area contributed by atoms with Crippen LogP contribution in [-0.4, -0.2) is 112 Å². The highest BCUT2D eigenvalue weighted by atomic mass is 35.5. The van der Waals surface area contributed by atoms with Gasteiger partial charge in [-0.25, -0.2) is 29.9 Å². The Morgan fingerprint density at radius 3 is 1.46 bits per heavy atom. The second kappa shape index (κ2) is 26.8. The number of rotatable bonds is 15. The Kier molecular flexibility index (Phi) is 18.8. The quantitative estimate of drug-likeness (QED) is 0.0722. The average Bonchev–Trinajstić information content (AvgIpc) is 1.88. The van der Waals surface area contributed by atoms with E-state index in [4.69, 9.17) is 50.0 Å². The number of nitrogens with two attached hydrogens (primary N) is 1. The molecule has 23 heteroatoms. The SMILES string of the molecule is CCCn1ccc2cc(N(CCO)C(=O)c3c(Cl)ncnc3Cl)cc(C3CC3)c21.CCCn1ccc2cc(N3CCOc4ncnc(Cl)c4C3=O)cc(C3CC3)c21.CCCn1ccc2cc(N3CCOc4ncnc(N)c4C3=O)cc(C3CC3)c21.CCl. The van der Waals surface area contributed by atoms with Crippen molar-refractivity contribution in [2.24, 2.45) is 0 Å². The number of hydrogen-bond donors (Lipinski definition) is 2. The molecule has 3 aliphatic carbocycles. The Balaban J connectivity index is 0.000000133. The number of halogens is 4. The van der Waals surface area contributed by atoms with Crippen molar-refractivity contribution in [2.45, 2.75) is 116 Å². The van der Waals surface area contributed by atoms with Gasteiger partial charge in [0.25, 0.3) is 17.7 Å². The number of nitrogen functional groups attached to an aromatic ring is 1. The zero-order valence-corrected chi connectivity index (χ0v) is 52.1. The molecule has 0 atom stereocenters. The molecule has 14 rings (SSSR count). The van der Waals surface area contributed by atoms with E-state index < -0.39 is 5.91 Å². The van der Waals surface area contributed by atoms with E-state index in [2.05, 4.69) is 143 Å². The molecule has 87 heavy (non-hydrogen) atoms. The highest BCUT2D eigenvalue weighted by molar-refractivity contribution is 6.39. The van der Waals surface area contributed by atoms with Crippen molar-refractivity contribution in [3.8, 4) is 11.8 Å². The molecule has 8 heterocycles. The van der Waals surface area contributed by atoms with Crippen LogP contribution in [-0.2, 0) is 19.6 Å². The molecule has 0 radical (unpaired) electrons. The number of amides is 3. The molecule has 19 nitrogen and oxygen atoms in total. The number of fused-ring (bicyclic) bond motifs is 5. The fourth-order valence-corrected chi connectivity index (χ4v) is 12.5. The molecular weight excluding hydrogens is 1190 g/mol. The fourth-order valence-electron chi connectivity index (χ4n) is 11.8. The van der Waals surface area contributed by atoms with Gasteiger partial charge in [0.2, 0.25) is 11.8 Å². The molecule has 5 aliphatic rings. The summed E-state index contributed by atoms with van der Waals surface area (Å²) in [4.78, 5) is 68.7. The van der Waals surface area contributed by atoms with E-state index in [0.717, 1.165) is 68.5 Å². The van der Waals surface area contributed by atoms with E-state index in [1.807, 2.05) is 6.07 Å². The standard InChI is InChI=1S/C21H22Cl2N4O2.C21H21ClN4O2.C21H23N5O2.CH3Cl/c1-2-6-26-7-5-14-10-15(11-16(18(14)26)13-3-4-13)27(8-9-28)21(29)17-19(22)24-12-25-20(17)23;2*1-2-6-25-7-5-14-10-15(11-16(18(14)25)13-3-4-13)26-8-9-28-20-17(21(26)27)19(22)23-12-24-20;1-2/h5,7,10-13,28H,2-4,6,8-9H2,1H3;5,7,10-13H,2-4,6,8-9H2,1H3;5,7,10-13H,2-4,6,8-9H2,1H3,(H2,22,23,24);1H3. The third-order valence-corrected chi connectivity index (χ3v) is 17.0. The Morgan fingerprint density at radius 1 is 0.586 bits per heavy atom. The van der Waals surface area contributed by atoms with Crippen LogP contribution < -0.4 is 29.9 Å². The van der Waals surface area contributed by atoms with Gasteiger partial charge in [0.05, 0.1) is 36.2 Å². The molecule has 3 saturated carbocycles. The number of benzene rings is 3. The smallest absolute Gasteiger partial charge is 0.267 e. The number of anilines is 4. The minimum absolute atomic E-state index is 0.00414. The van der Waals surface area contributed by atoms with Crippen molar-refractivity contribution in [3.05, 3.63) is 141 Å². The molecular formula is C64H69Cl4N13O6. The summed E-state index contributed by atoms with van der Waals surface area (Å²) in [6.07, 6.45) is 22.1. The fraction of sp³-hybridized carbons (Fsp3) is 0.391. The maximum Gasteiger partial charge on any atom is 0.267 e. The van der Waals surface area contributed by atoms with E-state index in [0.29, 0.717) is 49.7 Å². The van der Waals surface area contributed by atoms with Gasteiger partial charge >= 0.3 is 0 Å². The van der Waals surface area contributed by atoms with Gasteiger partial charge in [0.15, 0.2) is 0 Å². The molecule has 9 aromatic rings. The molecule has 3 N–H and O–H groups in total. The number of hydrogen-bond acceptors (Lipinski definition) is 13. The first-order valence-corrected chi connectivity index (χ1v) is 31.6. The van der Waals surface area contributed by atoms with Crippen LogP contribution in [0, 0.1) is 0 Å². The summed E-state index contributed by atoms with van der Waals surface area (Å²) in [7, 11) is 0. The van der Waals surface area contributed by atoms with E-state index >= 15 is 0 Å². The molecule has 3 amide bonds. The Morgan fingerprint density at radius 2 is 1.00 bits per heavy atom. The zero-order chi connectivity index (χ0) is 61.0. The van der Waals surface area contributed by atoms with Gasteiger partial charge in [0, 0.05) is 84.4 Å². The number of nitrogens with zero attached hydrogens (tertiary/aromatic N) is 12. The van der Waals surface area contributed by atoms with E-state index in [-0.39, 0.29) is 74.7 Å². The van der Waals surface area contributed by atoms with Crippen LogP contribution >= 0.6 is 46.4 Å². The van der Waals surface area contributed by atoms with Gasteiger partial charge < -0.3 is 48.7 Å². The largest absolute Gasteiger partial charge is 0.475 e. The third-order valence-electron chi connectivity index (χ3n) is 16.2. The van der Waals surface area contributed by atoms with Crippen molar-refractivity contribution >= 4 is 120 Å². The van der Waals surface area contributed by atoms with Crippen LogP contribution in [0.4, 0.5) is 22.9 Å². The lowest BCUT2D eigenvalue weighted by Crippen LogP contribution is -2.34. The van der Waals surface area contributed by atoms with Crippen LogP contribution in [0.3, 0.4) is 0 Å². The minimum atomic E-state index is -0.427. The van der Waals surface area contributed by atoms with Gasteiger partial charge in [-0.05, 0) is 147 Å². The Hall–Kier alpha value is -7.55. The number of carbonyl (C=O) groups excluding carboxylic acids is 3. The van der Waals surface area contributed by atoms with Crippen molar-refractivity contribution in [1.29, 1.82) is 0 Å². The highest BCUT2D eigenvalue weighted by Crippen LogP contribution is 2.48. The normalized spacial score (nSPS) is 15.5. The lowest BCUT2D eigenvalue weighted by atomic mass is 10.0. The summed E-state index contributed by atoms with van der Waals surface area (Å²) >= 11 is 23.1. The zero-order valence-electron chi connectivity index (χ0n) is 49.1. The average molecular weight is 1260 g/mol. The lowest BCUT2D eigenvalue weighted by Gasteiger charge is -2.24. The van der Waals surface area contributed by atoms with Crippen molar-refractivity contribution in [2.75, 3.05) is 66.3 Å². The van der Waals surface area contributed by atoms with Gasteiger partial charge in [-0.2, -0.15) is 0 Å². The minimum Gasteiger partial charge on any atom is -0.475 e. The van der Waals surface area contributed by atoms with Crippen molar-refractivity contribution in [1.82, 2.24) is 43.6 Å². The summed E-state index contributed by atoms with van der Waals surface area (Å²) in [6.45, 7) is 11.0. The molecule has 0 unspecified atom stereocenters. The summed E-state index contributed by atoms with van der Waals surface area (Å²) in [5, 5.41) is 13.1. The van der Waals surface area contributed by atoms with Crippen LogP contribution in [0.15, 0.2) is 92.2 Å². The first kappa shape index (κ1) is 61.1. The van der Waals surface area contributed by atoms with Gasteiger partial charge in [-0.1, -0.05) is 55.6 Å². The van der Waals surface area contributed by atoms with E-state index in [1.54, 1.807) is 9.80 Å². The number of aliphatic hydroxyl groups excluding tert-OH is 1. The van der Waals surface area contributed by atoms with Crippen molar-refractivity contribution in [3.63, 3.8) is 0 Å². The third kappa shape index (κ3) is 12.6. The summed E-state index contributed by atoms with van der Waals surface area (Å²) in [6, 6.07) is 18.9. The van der Waals surface area contributed by atoms with E-state index in [9.17, 15) is 19.5 Å². The molecule has 3 fully saturated rings. The second-order valence-electron chi connectivity index (χ2n) is 22.2. The number of alkyl halides is 1. The number of ether oxygens (including phenoxy) is 2. The predicted molar refractivity (Wildman–Crippen MR) is 343 cm³/mol. The molecule has 0 bridgehead atoms. The van der Waals surface area contributed by atoms with Crippen molar-refractivity contribution < 1.29 is 29.0 Å².